The molecule has 0 fully saturated rings. The summed E-state index contributed by atoms with van der Waals surface area (Å²) in [6.07, 6.45) is 9.78. The van der Waals surface area contributed by atoms with Crippen LogP contribution >= 0.6 is 0 Å². The lowest BCUT2D eigenvalue weighted by Crippen LogP contribution is -2.01. The Morgan fingerprint density at radius 2 is 1.00 bits per heavy atom. The van der Waals surface area contributed by atoms with Crippen LogP contribution in [0.1, 0.15) is 0 Å². The molecule has 0 spiro atoms. The molecule has 0 unspecified atom stereocenters. The van der Waals surface area contributed by atoms with Crippen molar-refractivity contribution in [2.45, 2.75) is 0 Å². The molecule has 0 saturated carbocycles. The maximum absolute atomic E-state index is 5.17. The highest BCUT2D eigenvalue weighted by molar-refractivity contribution is 6.10. The molecule has 10 rings (SSSR count). The predicted molar refractivity (Wildman–Crippen MR) is 190 cm³/mol. The van der Waals surface area contributed by atoms with Gasteiger partial charge in [0.2, 0.25) is 0 Å². The smallest absolute Gasteiger partial charge is 0.137 e. The second kappa shape index (κ2) is 9.99. The van der Waals surface area contributed by atoms with Gasteiger partial charge in [-0.05, 0) is 54.6 Å². The van der Waals surface area contributed by atoms with Crippen LogP contribution in [0.4, 0.5) is 0 Å². The molecule has 6 nitrogen and oxygen atoms in total. The number of pyridine rings is 3. The first-order chi connectivity index (χ1) is 23.3. The number of hydrogen-bond donors (Lipinski definition) is 0. The second-order valence-electron chi connectivity index (χ2n) is 11.8. The van der Waals surface area contributed by atoms with E-state index in [-0.39, 0.29) is 0 Å². The zero-order valence-electron chi connectivity index (χ0n) is 25.2. The van der Waals surface area contributed by atoms with Crippen LogP contribution in [-0.4, -0.2) is 28.5 Å². The summed E-state index contributed by atoms with van der Waals surface area (Å²) in [4.78, 5) is 14.3. The van der Waals surface area contributed by atoms with Gasteiger partial charge < -0.3 is 9.13 Å². The van der Waals surface area contributed by atoms with Gasteiger partial charge in [-0.1, -0.05) is 72.8 Å². The Labute approximate surface area is 269 Å². The number of imidazole rings is 1. The fourth-order valence-electron chi connectivity index (χ4n) is 7.25. The van der Waals surface area contributed by atoms with Crippen LogP contribution in [0.25, 0.3) is 83.1 Å². The van der Waals surface area contributed by atoms with Crippen molar-refractivity contribution in [3.63, 3.8) is 0 Å². The molecule has 0 saturated heterocycles. The van der Waals surface area contributed by atoms with Crippen LogP contribution in [0.15, 0.2) is 158 Å². The van der Waals surface area contributed by atoms with Gasteiger partial charge in [0.05, 0.1) is 45.8 Å². The summed E-state index contributed by atoms with van der Waals surface area (Å²) in [5, 5.41) is 4.72. The zero-order valence-corrected chi connectivity index (χ0v) is 25.2. The van der Waals surface area contributed by atoms with E-state index in [9.17, 15) is 0 Å². The third-order valence-corrected chi connectivity index (χ3v) is 9.22. The van der Waals surface area contributed by atoms with Crippen LogP contribution in [0, 0.1) is 0 Å². The summed E-state index contributed by atoms with van der Waals surface area (Å²) >= 11 is 0. The summed E-state index contributed by atoms with van der Waals surface area (Å²) in [6.45, 7) is 0. The molecule has 0 aliphatic heterocycles. The van der Waals surface area contributed by atoms with Crippen LogP contribution in [0.2, 0.25) is 0 Å². The van der Waals surface area contributed by atoms with Gasteiger partial charge in [-0.2, -0.15) is 0 Å². The first-order valence-corrected chi connectivity index (χ1v) is 15.7. The average Bonchev–Trinajstić information content (AvgIpc) is 3.80. The minimum absolute atomic E-state index is 0.899. The number of nitrogens with zero attached hydrogens (tertiary/aromatic N) is 6. The number of fused-ring (bicyclic) bond motifs is 7. The van der Waals surface area contributed by atoms with E-state index in [4.69, 9.17) is 4.98 Å². The zero-order chi connectivity index (χ0) is 30.9. The highest BCUT2D eigenvalue weighted by atomic mass is 15.0. The lowest BCUT2D eigenvalue weighted by molar-refractivity contribution is 1.12. The molecule has 0 N–H and O–H groups in total. The van der Waals surface area contributed by atoms with Gasteiger partial charge in [-0.3, -0.25) is 14.4 Å². The lowest BCUT2D eigenvalue weighted by Gasteiger charge is -2.16. The van der Waals surface area contributed by atoms with Crippen molar-refractivity contribution in [1.82, 2.24) is 28.5 Å². The molecule has 6 aromatic heterocycles. The standard InChI is InChI=1S/C41H26N6/c1-2-10-27(11-3-1)40-41(45-21-9-8-16-39(45)44-40)28-22-29(46-35-14-6-4-12-31(35)33-17-19-42-25-37(33)46)24-30(23-28)47-36-15-7-5-13-32(36)34-18-20-43-26-38(34)47/h1-26H. The molecule has 47 heavy (non-hydrogen) atoms. The topological polar surface area (TPSA) is 52.9 Å². The summed E-state index contributed by atoms with van der Waals surface area (Å²) in [5.41, 5.74) is 11.4. The normalized spacial score (nSPS) is 11.8. The van der Waals surface area contributed by atoms with E-state index in [1.807, 2.05) is 36.9 Å². The molecule has 10 aromatic rings. The van der Waals surface area contributed by atoms with Gasteiger partial charge in [0.25, 0.3) is 0 Å². The summed E-state index contributed by atoms with van der Waals surface area (Å²) in [7, 11) is 0. The Morgan fingerprint density at radius 3 is 1.64 bits per heavy atom. The Balaban J connectivity index is 1.37. The van der Waals surface area contributed by atoms with E-state index < -0.39 is 0 Å². The minimum Gasteiger partial charge on any atom is -0.308 e. The third kappa shape index (κ3) is 3.82. The van der Waals surface area contributed by atoms with E-state index >= 15 is 0 Å². The van der Waals surface area contributed by atoms with Gasteiger partial charge in [0.15, 0.2) is 0 Å². The Kier molecular flexibility index (Phi) is 5.48. The van der Waals surface area contributed by atoms with Gasteiger partial charge >= 0.3 is 0 Å². The van der Waals surface area contributed by atoms with E-state index in [1.54, 1.807) is 0 Å². The lowest BCUT2D eigenvalue weighted by atomic mass is 10.0. The Hall–Kier alpha value is -6.53. The molecule has 0 radical (unpaired) electrons. The van der Waals surface area contributed by atoms with E-state index in [2.05, 4.69) is 145 Å². The number of hydrogen-bond acceptors (Lipinski definition) is 3. The predicted octanol–water partition coefficient (Wildman–Crippen LogP) is 9.65. The molecule has 0 aliphatic rings. The largest absolute Gasteiger partial charge is 0.308 e. The molecule has 0 atom stereocenters. The summed E-state index contributed by atoms with van der Waals surface area (Å²) in [6, 6.07) is 44.9. The minimum atomic E-state index is 0.899. The Morgan fingerprint density at radius 1 is 0.447 bits per heavy atom. The number of aromatic nitrogens is 6. The van der Waals surface area contributed by atoms with Crippen molar-refractivity contribution in [3.8, 4) is 33.9 Å². The maximum atomic E-state index is 5.17. The van der Waals surface area contributed by atoms with Gasteiger partial charge in [0.1, 0.15) is 5.65 Å². The highest BCUT2D eigenvalue weighted by Crippen LogP contribution is 2.39. The molecule has 0 bridgehead atoms. The van der Waals surface area contributed by atoms with Crippen LogP contribution in [0.3, 0.4) is 0 Å². The first-order valence-electron chi connectivity index (χ1n) is 15.7. The molecular formula is C41H26N6. The molecule has 4 aromatic carbocycles. The van der Waals surface area contributed by atoms with Crippen molar-refractivity contribution >= 4 is 49.3 Å². The van der Waals surface area contributed by atoms with Crippen molar-refractivity contribution in [2.24, 2.45) is 0 Å². The molecule has 0 aliphatic carbocycles. The maximum Gasteiger partial charge on any atom is 0.137 e. The van der Waals surface area contributed by atoms with Crippen molar-refractivity contribution < 1.29 is 0 Å². The molecule has 220 valence electrons. The summed E-state index contributed by atoms with van der Waals surface area (Å²) in [5.74, 6) is 0. The molecule has 6 heterocycles. The number of para-hydroxylation sites is 2. The second-order valence-corrected chi connectivity index (χ2v) is 11.8. The van der Waals surface area contributed by atoms with Gasteiger partial charge in [-0.15, -0.1) is 0 Å². The number of benzene rings is 4. The third-order valence-electron chi connectivity index (χ3n) is 9.22. The highest BCUT2D eigenvalue weighted by Gasteiger charge is 2.21. The Bertz CT molecular complexity index is 2560. The van der Waals surface area contributed by atoms with E-state index in [0.717, 1.165) is 61.6 Å². The van der Waals surface area contributed by atoms with Crippen LogP contribution in [0.5, 0.6) is 0 Å². The number of rotatable bonds is 4. The fraction of sp³-hybridized carbons (Fsp3) is 0. The van der Waals surface area contributed by atoms with Crippen LogP contribution < -0.4 is 0 Å². The van der Waals surface area contributed by atoms with Crippen molar-refractivity contribution in [2.75, 3.05) is 0 Å². The SMILES string of the molecule is c1ccc(-c2nc3ccccn3c2-c2cc(-n3c4ccccc4c4ccncc43)cc(-n3c4ccccc4c4ccncc43)c2)cc1. The van der Waals surface area contributed by atoms with E-state index in [1.165, 1.54) is 21.5 Å². The molecular weight excluding hydrogens is 576 g/mol. The average molecular weight is 603 g/mol. The first kappa shape index (κ1) is 25.8. The van der Waals surface area contributed by atoms with Gasteiger partial charge in [-0.25, -0.2) is 4.98 Å². The van der Waals surface area contributed by atoms with Gasteiger partial charge in [0, 0.05) is 62.6 Å². The monoisotopic (exact) mass is 602 g/mol. The van der Waals surface area contributed by atoms with E-state index in [0.29, 0.717) is 0 Å². The van der Waals surface area contributed by atoms with Crippen LogP contribution in [-0.2, 0) is 0 Å². The molecule has 0 amide bonds. The quantitative estimate of drug-likeness (QED) is 0.202. The summed E-state index contributed by atoms with van der Waals surface area (Å²) < 4.78 is 6.87. The fourth-order valence-corrected chi connectivity index (χ4v) is 7.25. The van der Waals surface area contributed by atoms with Crippen molar-refractivity contribution in [1.29, 1.82) is 0 Å². The van der Waals surface area contributed by atoms with Crippen molar-refractivity contribution in [3.05, 3.63) is 158 Å². The molecule has 6 heteroatoms.